The molecule has 0 saturated heterocycles. The zero-order valence-corrected chi connectivity index (χ0v) is 17.9. The number of hydrogen-bond acceptors (Lipinski definition) is 5. The minimum Gasteiger partial charge on any atom is -0.549 e. The Labute approximate surface area is 192 Å². The van der Waals surface area contributed by atoms with Crippen LogP contribution in [0.25, 0.3) is 16.7 Å². The van der Waals surface area contributed by atoms with Crippen LogP contribution >= 0.6 is 11.8 Å². The van der Waals surface area contributed by atoms with Gasteiger partial charge in [0.15, 0.2) is 5.16 Å². The number of imidazole rings is 1. The number of fused-ring (bicyclic) bond motifs is 1. The zero-order valence-electron chi connectivity index (χ0n) is 14.0. The first kappa shape index (κ1) is 20.2. The molecule has 1 aromatic heterocycles. The van der Waals surface area contributed by atoms with Gasteiger partial charge in [0.1, 0.15) is 0 Å². The van der Waals surface area contributed by atoms with E-state index < -0.39 is 11.2 Å². The van der Waals surface area contributed by atoms with E-state index in [0.717, 1.165) is 16.7 Å². The van der Waals surface area contributed by atoms with Crippen LogP contribution in [-0.4, -0.2) is 20.8 Å². The van der Waals surface area contributed by atoms with E-state index in [-0.39, 0.29) is 51.4 Å². The molecule has 1 atom stereocenters. The largest absolute Gasteiger partial charge is 1.00 e. The Morgan fingerprint density at radius 1 is 1.28 bits per heavy atom. The fourth-order valence-corrected chi connectivity index (χ4v) is 3.42. The molecule has 0 N–H and O–H groups in total. The summed E-state index contributed by atoms with van der Waals surface area (Å²) >= 11 is 1.18. The number of aromatic nitrogens is 2. The first-order valence-corrected chi connectivity index (χ1v) is 8.37. The van der Waals surface area contributed by atoms with Crippen molar-refractivity contribution >= 4 is 28.8 Å². The van der Waals surface area contributed by atoms with Crippen LogP contribution in [0, 0.1) is 11.3 Å². The third-order valence-corrected chi connectivity index (χ3v) is 4.96. The van der Waals surface area contributed by atoms with E-state index in [4.69, 9.17) is 5.26 Å². The smallest absolute Gasteiger partial charge is 0.549 e. The van der Waals surface area contributed by atoms with Crippen molar-refractivity contribution in [2.45, 2.75) is 23.8 Å². The van der Waals surface area contributed by atoms with Gasteiger partial charge in [-0.1, -0.05) is 30.8 Å². The summed E-state index contributed by atoms with van der Waals surface area (Å²) < 4.78 is 1.91. The number of para-hydroxylation sites is 2. The van der Waals surface area contributed by atoms with Gasteiger partial charge in [-0.2, -0.15) is 5.26 Å². The Hall–Kier alpha value is -1.14. The van der Waals surface area contributed by atoms with Gasteiger partial charge >= 0.3 is 51.4 Å². The second kappa shape index (κ2) is 8.99. The van der Waals surface area contributed by atoms with Crippen LogP contribution in [0.15, 0.2) is 53.7 Å². The van der Waals surface area contributed by atoms with Crippen LogP contribution in [0.5, 0.6) is 0 Å². The second-order valence-electron chi connectivity index (χ2n) is 5.21. The normalized spacial score (nSPS) is 11.5. The molecular formula is C18H14KN3O2S. The van der Waals surface area contributed by atoms with E-state index in [2.05, 4.69) is 11.1 Å². The third-order valence-electron chi connectivity index (χ3n) is 3.67. The molecule has 0 radical (unpaired) electrons. The van der Waals surface area contributed by atoms with Crippen molar-refractivity contribution in [2.75, 3.05) is 0 Å². The summed E-state index contributed by atoms with van der Waals surface area (Å²) in [6, 6.07) is 16.8. The predicted molar refractivity (Wildman–Crippen MR) is 90.7 cm³/mol. The number of carboxylic acids is 1. The molecule has 0 fully saturated rings. The standard InChI is InChI=1S/C18H15N3O2S.K/c1-2-16(17(22)23)24-18-20-14-5-3-4-6-15(14)21(18)13-9-7-12(11-19)8-10-13;/h3-10,16H,2H2,1H3,(H,22,23);/q;+1/p-1. The molecule has 0 spiro atoms. The van der Waals surface area contributed by atoms with Gasteiger partial charge in [-0.05, 0) is 42.8 Å². The van der Waals surface area contributed by atoms with E-state index in [1.807, 2.05) is 47.9 Å². The van der Waals surface area contributed by atoms with E-state index in [1.165, 1.54) is 11.8 Å². The summed E-state index contributed by atoms with van der Waals surface area (Å²) in [4.78, 5) is 15.8. The average molecular weight is 375 g/mol. The number of nitriles is 1. The SMILES string of the molecule is CCC(Sc1nc2ccccc2n1-c1ccc(C#N)cc1)C(=O)[O-].[K+]. The maximum atomic E-state index is 11.3. The van der Waals surface area contributed by atoms with E-state index in [9.17, 15) is 9.90 Å². The monoisotopic (exact) mass is 375 g/mol. The van der Waals surface area contributed by atoms with E-state index in [0.29, 0.717) is 17.1 Å². The molecule has 120 valence electrons. The molecule has 0 amide bonds. The summed E-state index contributed by atoms with van der Waals surface area (Å²) in [6.07, 6.45) is 0.448. The van der Waals surface area contributed by atoms with Crippen LogP contribution in [0.3, 0.4) is 0 Å². The fraction of sp³-hybridized carbons (Fsp3) is 0.167. The number of nitrogens with zero attached hydrogens (tertiary/aromatic N) is 3. The molecular weight excluding hydrogens is 361 g/mol. The molecule has 25 heavy (non-hydrogen) atoms. The number of benzene rings is 2. The number of carboxylic acid groups (broad SMARTS) is 1. The van der Waals surface area contributed by atoms with Crippen LogP contribution in [0.2, 0.25) is 0 Å². The van der Waals surface area contributed by atoms with Crippen molar-refractivity contribution in [3.8, 4) is 11.8 Å². The number of rotatable bonds is 5. The number of hydrogen-bond donors (Lipinski definition) is 0. The van der Waals surface area contributed by atoms with Gasteiger partial charge in [-0.25, -0.2) is 4.98 Å². The predicted octanol–water partition coefficient (Wildman–Crippen LogP) is -0.478. The van der Waals surface area contributed by atoms with Crippen molar-refractivity contribution in [2.24, 2.45) is 0 Å². The minimum atomic E-state index is -1.10. The Kier molecular flexibility index (Phi) is 7.25. The average Bonchev–Trinajstić information content (AvgIpc) is 2.97. The van der Waals surface area contributed by atoms with E-state index in [1.54, 1.807) is 12.1 Å². The molecule has 0 saturated carbocycles. The Balaban J connectivity index is 0.00000225. The van der Waals surface area contributed by atoms with E-state index >= 15 is 0 Å². The molecule has 0 aliphatic rings. The summed E-state index contributed by atoms with van der Waals surface area (Å²) in [5.74, 6) is -1.10. The maximum Gasteiger partial charge on any atom is 1.00 e. The van der Waals surface area contributed by atoms with Gasteiger partial charge in [0, 0.05) is 5.69 Å². The van der Waals surface area contributed by atoms with Crippen molar-refractivity contribution in [1.29, 1.82) is 5.26 Å². The van der Waals surface area contributed by atoms with Crippen molar-refractivity contribution < 1.29 is 61.3 Å². The van der Waals surface area contributed by atoms with Crippen molar-refractivity contribution in [1.82, 2.24) is 9.55 Å². The number of aliphatic carboxylic acids is 1. The molecule has 5 nitrogen and oxygen atoms in total. The molecule has 2 aromatic carbocycles. The third kappa shape index (κ3) is 4.34. The van der Waals surface area contributed by atoms with Crippen molar-refractivity contribution in [3.05, 3.63) is 54.1 Å². The quantitative estimate of drug-likeness (QED) is 0.444. The molecule has 3 aromatic rings. The maximum absolute atomic E-state index is 11.3. The Bertz CT molecular complexity index is 932. The van der Waals surface area contributed by atoms with Gasteiger partial charge < -0.3 is 9.90 Å². The molecule has 7 heteroatoms. The van der Waals surface area contributed by atoms with Crippen LogP contribution < -0.4 is 56.5 Å². The van der Waals surface area contributed by atoms with Crippen molar-refractivity contribution in [3.63, 3.8) is 0 Å². The molecule has 1 heterocycles. The molecule has 0 aliphatic heterocycles. The van der Waals surface area contributed by atoms with Gasteiger partial charge in [-0.15, -0.1) is 0 Å². The number of carbonyl (C=O) groups excluding carboxylic acids is 1. The molecule has 1 unspecified atom stereocenters. The number of carbonyl (C=O) groups is 1. The minimum absolute atomic E-state index is 0. The second-order valence-corrected chi connectivity index (χ2v) is 6.38. The molecule has 0 aliphatic carbocycles. The number of thioether (sulfide) groups is 1. The van der Waals surface area contributed by atoms with Gasteiger partial charge in [0.2, 0.25) is 0 Å². The van der Waals surface area contributed by atoms with Gasteiger partial charge in [0.25, 0.3) is 0 Å². The Morgan fingerprint density at radius 2 is 1.96 bits per heavy atom. The van der Waals surface area contributed by atoms with Crippen LogP contribution in [0.1, 0.15) is 18.9 Å². The van der Waals surface area contributed by atoms with Gasteiger partial charge in [0.05, 0.1) is 33.9 Å². The van der Waals surface area contributed by atoms with Crippen LogP contribution in [0.4, 0.5) is 0 Å². The Morgan fingerprint density at radius 3 is 2.56 bits per heavy atom. The summed E-state index contributed by atoms with van der Waals surface area (Å²) in [5.41, 5.74) is 3.08. The molecule has 3 rings (SSSR count). The summed E-state index contributed by atoms with van der Waals surface area (Å²) in [5, 5.41) is 20.2. The first-order valence-electron chi connectivity index (χ1n) is 7.49. The zero-order chi connectivity index (χ0) is 17.1. The van der Waals surface area contributed by atoms with Crippen LogP contribution in [-0.2, 0) is 4.79 Å². The summed E-state index contributed by atoms with van der Waals surface area (Å²) in [7, 11) is 0. The summed E-state index contributed by atoms with van der Waals surface area (Å²) in [6.45, 7) is 1.81. The fourth-order valence-electron chi connectivity index (χ4n) is 2.44. The van der Waals surface area contributed by atoms with Gasteiger partial charge in [-0.3, -0.25) is 4.57 Å². The first-order chi connectivity index (χ1) is 11.6. The molecule has 0 bridgehead atoms. The topological polar surface area (TPSA) is 81.7 Å².